The van der Waals surface area contributed by atoms with Crippen LogP contribution in [0.4, 0.5) is 5.82 Å². The fourth-order valence-electron chi connectivity index (χ4n) is 2.42. The summed E-state index contributed by atoms with van der Waals surface area (Å²) in [7, 11) is 0. The first-order chi connectivity index (χ1) is 8.63. The van der Waals surface area contributed by atoms with Crippen LogP contribution >= 0.6 is 0 Å². The molecule has 18 heavy (non-hydrogen) atoms. The van der Waals surface area contributed by atoms with Gasteiger partial charge in [-0.15, -0.1) is 0 Å². The van der Waals surface area contributed by atoms with Crippen LogP contribution in [0.25, 0.3) is 0 Å². The largest absolute Gasteiger partial charge is 0.355 e. The molecule has 4 heteroatoms. The molecule has 1 aromatic heterocycles. The second-order valence-electron chi connectivity index (χ2n) is 4.83. The van der Waals surface area contributed by atoms with Crippen molar-refractivity contribution < 1.29 is 4.79 Å². The van der Waals surface area contributed by atoms with Crippen molar-refractivity contribution in [2.45, 2.75) is 26.7 Å². The highest BCUT2D eigenvalue weighted by Crippen LogP contribution is 2.26. The average molecular weight is 243 g/mol. The third-order valence-corrected chi connectivity index (χ3v) is 3.55. The molecule has 1 aliphatic rings. The third kappa shape index (κ3) is 2.35. The van der Waals surface area contributed by atoms with Gasteiger partial charge in [0.2, 0.25) is 0 Å². The molecule has 2 rings (SSSR count). The Morgan fingerprint density at radius 3 is 3.06 bits per heavy atom. The first-order valence-corrected chi connectivity index (χ1v) is 6.24. The molecule has 0 aromatic carbocycles. The molecule has 0 radical (unpaired) electrons. The van der Waals surface area contributed by atoms with Crippen LogP contribution in [0, 0.1) is 24.2 Å². The fraction of sp³-hybridized carbons (Fsp3) is 0.500. The lowest BCUT2D eigenvalue weighted by molar-refractivity contribution is -0.120. The van der Waals surface area contributed by atoms with Gasteiger partial charge in [-0.25, -0.2) is 4.98 Å². The molecule has 4 nitrogen and oxygen atoms in total. The van der Waals surface area contributed by atoms with Crippen LogP contribution in [-0.4, -0.2) is 23.9 Å². The lowest BCUT2D eigenvalue weighted by Gasteiger charge is -2.33. The highest BCUT2D eigenvalue weighted by molar-refractivity contribution is 5.79. The number of Topliss-reactive ketones (excluding diaryl/α,β-unsaturated/α-hetero) is 1. The summed E-state index contributed by atoms with van der Waals surface area (Å²) in [6.07, 6.45) is 3.65. The number of nitriles is 1. The normalized spacial score (nSPS) is 19.4. The molecule has 1 saturated heterocycles. The zero-order valence-electron chi connectivity index (χ0n) is 10.8. The standard InChI is InChI=1S/C14H17N3O/c1-10-5-6-16-14(13(10)8-15)17-7-3-4-12(9-17)11(2)18/h5-6,12H,3-4,7,9H2,1-2H3. The maximum Gasteiger partial charge on any atom is 0.146 e. The Labute approximate surface area is 107 Å². The topological polar surface area (TPSA) is 57.0 Å². The highest BCUT2D eigenvalue weighted by Gasteiger charge is 2.25. The van der Waals surface area contributed by atoms with Gasteiger partial charge >= 0.3 is 0 Å². The zero-order chi connectivity index (χ0) is 13.1. The monoisotopic (exact) mass is 243 g/mol. The summed E-state index contributed by atoms with van der Waals surface area (Å²) in [5.74, 6) is 1.03. The summed E-state index contributed by atoms with van der Waals surface area (Å²) < 4.78 is 0. The molecule has 0 spiro atoms. The minimum absolute atomic E-state index is 0.0765. The maximum absolute atomic E-state index is 11.5. The highest BCUT2D eigenvalue weighted by atomic mass is 16.1. The van der Waals surface area contributed by atoms with Crippen LogP contribution in [0.15, 0.2) is 12.3 Å². The van der Waals surface area contributed by atoms with Crippen molar-refractivity contribution in [2.24, 2.45) is 5.92 Å². The van der Waals surface area contributed by atoms with Crippen molar-refractivity contribution in [1.82, 2.24) is 4.98 Å². The van der Waals surface area contributed by atoms with Crippen LogP contribution in [0.2, 0.25) is 0 Å². The number of carbonyl (C=O) groups is 1. The van der Waals surface area contributed by atoms with E-state index >= 15 is 0 Å². The molecule has 2 heterocycles. The predicted octanol–water partition coefficient (Wildman–Crippen LogP) is 2.07. The van der Waals surface area contributed by atoms with Gasteiger partial charge in [-0.3, -0.25) is 4.79 Å². The minimum atomic E-state index is 0.0765. The van der Waals surface area contributed by atoms with Gasteiger partial charge in [-0.05, 0) is 38.3 Å². The number of ketones is 1. The van der Waals surface area contributed by atoms with E-state index in [4.69, 9.17) is 0 Å². The number of anilines is 1. The molecular formula is C14H17N3O. The summed E-state index contributed by atoms with van der Waals surface area (Å²) in [5, 5.41) is 9.22. The smallest absolute Gasteiger partial charge is 0.146 e. The molecule has 0 amide bonds. The van der Waals surface area contributed by atoms with Gasteiger partial charge in [0.1, 0.15) is 17.7 Å². The van der Waals surface area contributed by atoms with Crippen LogP contribution in [0.1, 0.15) is 30.9 Å². The molecule has 1 fully saturated rings. The number of carbonyl (C=O) groups excluding carboxylic acids is 1. The number of aryl methyl sites for hydroxylation is 1. The van der Waals surface area contributed by atoms with Crippen molar-refractivity contribution in [3.05, 3.63) is 23.4 Å². The van der Waals surface area contributed by atoms with Crippen LogP contribution < -0.4 is 4.90 Å². The average Bonchev–Trinajstić information content (AvgIpc) is 2.38. The molecule has 0 aliphatic carbocycles. The number of aromatic nitrogens is 1. The number of hydrogen-bond donors (Lipinski definition) is 0. The molecule has 0 N–H and O–H groups in total. The van der Waals surface area contributed by atoms with Crippen LogP contribution in [0.3, 0.4) is 0 Å². The molecule has 94 valence electrons. The Morgan fingerprint density at radius 1 is 1.61 bits per heavy atom. The van der Waals surface area contributed by atoms with Gasteiger partial charge in [-0.1, -0.05) is 0 Å². The summed E-state index contributed by atoms with van der Waals surface area (Å²) in [4.78, 5) is 17.9. The Morgan fingerprint density at radius 2 is 2.39 bits per heavy atom. The number of rotatable bonds is 2. The quantitative estimate of drug-likeness (QED) is 0.797. The van der Waals surface area contributed by atoms with Crippen molar-refractivity contribution in [1.29, 1.82) is 5.26 Å². The fourth-order valence-corrected chi connectivity index (χ4v) is 2.42. The lowest BCUT2D eigenvalue weighted by atomic mass is 9.94. The van der Waals surface area contributed by atoms with Crippen LogP contribution in [-0.2, 0) is 4.79 Å². The molecule has 0 saturated carbocycles. The minimum Gasteiger partial charge on any atom is -0.355 e. The van der Waals surface area contributed by atoms with Crippen molar-refractivity contribution in [3.8, 4) is 6.07 Å². The van der Waals surface area contributed by atoms with E-state index in [0.29, 0.717) is 12.1 Å². The van der Waals surface area contributed by atoms with Gasteiger partial charge in [0.05, 0.1) is 5.56 Å². The summed E-state index contributed by atoms with van der Waals surface area (Å²) in [5.41, 5.74) is 1.56. The molecular weight excluding hydrogens is 226 g/mol. The first-order valence-electron chi connectivity index (χ1n) is 6.24. The Bertz CT molecular complexity index is 504. The molecule has 1 unspecified atom stereocenters. The maximum atomic E-state index is 11.5. The second kappa shape index (κ2) is 5.18. The molecule has 1 aromatic rings. The summed E-state index contributed by atoms with van der Waals surface area (Å²) in [6, 6.07) is 4.06. The van der Waals surface area contributed by atoms with E-state index in [1.54, 1.807) is 13.1 Å². The number of hydrogen-bond acceptors (Lipinski definition) is 4. The molecule has 0 bridgehead atoms. The number of piperidine rings is 1. The van der Waals surface area contributed by atoms with E-state index in [9.17, 15) is 10.1 Å². The van der Waals surface area contributed by atoms with E-state index in [0.717, 1.165) is 30.8 Å². The Kier molecular flexibility index (Phi) is 3.61. The molecule has 1 aliphatic heterocycles. The SMILES string of the molecule is CC(=O)C1CCCN(c2nccc(C)c2C#N)C1. The van der Waals surface area contributed by atoms with E-state index in [2.05, 4.69) is 16.0 Å². The third-order valence-electron chi connectivity index (χ3n) is 3.55. The van der Waals surface area contributed by atoms with E-state index in [1.165, 1.54) is 0 Å². The van der Waals surface area contributed by atoms with Crippen molar-refractivity contribution >= 4 is 11.6 Å². The van der Waals surface area contributed by atoms with Crippen LogP contribution in [0.5, 0.6) is 0 Å². The Balaban J connectivity index is 2.29. The molecule has 1 atom stereocenters. The van der Waals surface area contributed by atoms with Gasteiger partial charge in [0.15, 0.2) is 0 Å². The Hall–Kier alpha value is -1.89. The van der Waals surface area contributed by atoms with Gasteiger partial charge in [-0.2, -0.15) is 5.26 Å². The predicted molar refractivity (Wildman–Crippen MR) is 69.3 cm³/mol. The number of pyridine rings is 1. The van der Waals surface area contributed by atoms with Crippen molar-refractivity contribution in [2.75, 3.05) is 18.0 Å². The first kappa shape index (κ1) is 12.6. The van der Waals surface area contributed by atoms with E-state index in [-0.39, 0.29) is 11.7 Å². The number of nitrogens with zero attached hydrogens (tertiary/aromatic N) is 3. The summed E-state index contributed by atoms with van der Waals surface area (Å²) >= 11 is 0. The van der Waals surface area contributed by atoms with E-state index in [1.807, 2.05) is 13.0 Å². The summed E-state index contributed by atoms with van der Waals surface area (Å²) in [6.45, 7) is 5.11. The van der Waals surface area contributed by atoms with Gasteiger partial charge in [0.25, 0.3) is 0 Å². The second-order valence-corrected chi connectivity index (χ2v) is 4.83. The zero-order valence-corrected chi connectivity index (χ0v) is 10.8. The van der Waals surface area contributed by atoms with E-state index < -0.39 is 0 Å². The van der Waals surface area contributed by atoms with Gasteiger partial charge < -0.3 is 4.90 Å². The van der Waals surface area contributed by atoms with Crippen molar-refractivity contribution in [3.63, 3.8) is 0 Å². The lowest BCUT2D eigenvalue weighted by Crippen LogP contribution is -2.39. The van der Waals surface area contributed by atoms with Gasteiger partial charge in [0, 0.05) is 25.2 Å².